The molecule has 0 aliphatic rings. The van der Waals surface area contributed by atoms with E-state index >= 15 is 0 Å². The quantitative estimate of drug-likeness (QED) is 0.357. The maximum absolute atomic E-state index is 12.8. The van der Waals surface area contributed by atoms with E-state index < -0.39 is 30.7 Å². The van der Waals surface area contributed by atoms with Crippen LogP contribution in [0, 0.1) is 5.82 Å². The fraction of sp³-hybridized carbons (Fsp3) is 0.211. The minimum Gasteiger partial charge on any atom is -0.492 e. The summed E-state index contributed by atoms with van der Waals surface area (Å²) in [7, 11) is 0. The fourth-order valence-corrected chi connectivity index (χ4v) is 2.12. The Bertz CT molecular complexity index is 828. The summed E-state index contributed by atoms with van der Waals surface area (Å²) in [6.45, 7) is -6.08. The van der Waals surface area contributed by atoms with Crippen LogP contribution in [0.2, 0.25) is 0 Å². The molecule has 0 saturated heterocycles. The minimum atomic E-state index is -3.19. The molecule has 1 amide bonds. The van der Waals surface area contributed by atoms with Crippen LogP contribution in [0.3, 0.4) is 0 Å². The van der Waals surface area contributed by atoms with Gasteiger partial charge in [-0.1, -0.05) is 0 Å². The smallest absolute Gasteiger partial charge is 0.387 e. The molecular weight excluding hydrogens is 401 g/mol. The molecule has 0 atom stereocenters. The number of nitrogens with one attached hydrogen (secondary N) is 1. The second-order valence-corrected chi connectivity index (χ2v) is 5.38. The van der Waals surface area contributed by atoms with Crippen molar-refractivity contribution in [2.75, 3.05) is 13.2 Å². The van der Waals surface area contributed by atoms with Gasteiger partial charge in [0.1, 0.15) is 29.7 Å². The number of carbonyl (C=O) groups is 1. The van der Waals surface area contributed by atoms with E-state index in [2.05, 4.69) is 14.8 Å². The highest BCUT2D eigenvalue weighted by Gasteiger charge is 2.12. The van der Waals surface area contributed by atoms with E-state index in [0.717, 1.165) is 18.2 Å². The number of hydrogen-bond acceptors (Lipinski definition) is 4. The van der Waals surface area contributed by atoms with Gasteiger partial charge in [0.25, 0.3) is 0 Å². The largest absolute Gasteiger partial charge is 0.492 e. The van der Waals surface area contributed by atoms with Crippen molar-refractivity contribution in [1.29, 1.82) is 0 Å². The van der Waals surface area contributed by atoms with Gasteiger partial charge in [0.2, 0.25) is 5.91 Å². The zero-order chi connectivity index (χ0) is 21.2. The highest BCUT2D eigenvalue weighted by molar-refractivity contribution is 5.92. The first-order chi connectivity index (χ1) is 13.8. The molecule has 10 heteroatoms. The lowest BCUT2D eigenvalue weighted by atomic mass is 10.1. The lowest BCUT2D eigenvalue weighted by Crippen LogP contribution is -2.26. The highest BCUT2D eigenvalue weighted by atomic mass is 19.3. The van der Waals surface area contributed by atoms with E-state index in [0.29, 0.717) is 5.75 Å². The zero-order valence-corrected chi connectivity index (χ0v) is 14.8. The monoisotopic (exact) mass is 417 g/mol. The summed E-state index contributed by atoms with van der Waals surface area (Å²) in [4.78, 5) is 11.8. The first-order valence-corrected chi connectivity index (χ1v) is 8.21. The van der Waals surface area contributed by atoms with Crippen LogP contribution in [-0.4, -0.2) is 32.3 Å². The second kappa shape index (κ2) is 10.9. The van der Waals surface area contributed by atoms with Gasteiger partial charge in [-0.15, -0.1) is 0 Å². The van der Waals surface area contributed by atoms with Crippen LogP contribution in [-0.2, 0) is 4.79 Å². The van der Waals surface area contributed by atoms with E-state index in [4.69, 9.17) is 4.74 Å². The number of ether oxygens (including phenoxy) is 3. The Balaban J connectivity index is 1.89. The van der Waals surface area contributed by atoms with Gasteiger partial charge in [0.15, 0.2) is 0 Å². The van der Waals surface area contributed by atoms with E-state index in [-0.39, 0.29) is 24.5 Å². The third-order valence-electron chi connectivity index (χ3n) is 3.32. The molecule has 1 N–H and O–H groups in total. The number of rotatable bonds is 10. The van der Waals surface area contributed by atoms with Crippen molar-refractivity contribution in [3.63, 3.8) is 0 Å². The van der Waals surface area contributed by atoms with Gasteiger partial charge < -0.3 is 19.5 Å². The fourth-order valence-electron chi connectivity index (χ4n) is 2.12. The Hall–Kier alpha value is -3.30. The maximum Gasteiger partial charge on any atom is 0.387 e. The van der Waals surface area contributed by atoms with Crippen molar-refractivity contribution < 1.29 is 41.0 Å². The zero-order valence-electron chi connectivity index (χ0n) is 14.8. The minimum absolute atomic E-state index is 0.0598. The molecule has 5 nitrogen and oxygen atoms in total. The molecule has 0 aliphatic heterocycles. The number of alkyl halides is 4. The van der Waals surface area contributed by atoms with Crippen molar-refractivity contribution in [1.82, 2.24) is 5.32 Å². The van der Waals surface area contributed by atoms with Gasteiger partial charge in [0, 0.05) is 17.7 Å². The van der Waals surface area contributed by atoms with Gasteiger partial charge >= 0.3 is 13.2 Å². The summed E-state index contributed by atoms with van der Waals surface area (Å²) in [5, 5.41) is 2.49. The lowest BCUT2D eigenvalue weighted by Gasteiger charge is -2.11. The predicted molar refractivity (Wildman–Crippen MR) is 93.6 cm³/mol. The van der Waals surface area contributed by atoms with E-state index in [1.807, 2.05) is 0 Å². The predicted octanol–water partition coefficient (Wildman–Crippen LogP) is 4.24. The first-order valence-electron chi connectivity index (χ1n) is 8.21. The van der Waals surface area contributed by atoms with Gasteiger partial charge in [-0.05, 0) is 42.5 Å². The van der Waals surface area contributed by atoms with Crippen LogP contribution in [0.25, 0.3) is 6.08 Å². The number of amides is 1. The number of hydrogen-bond donors (Lipinski definition) is 1. The molecule has 0 bridgehead atoms. The summed E-state index contributed by atoms with van der Waals surface area (Å²) in [5.74, 6) is -1.32. The summed E-state index contributed by atoms with van der Waals surface area (Å²) >= 11 is 0. The average Bonchev–Trinajstić information content (AvgIpc) is 2.65. The third kappa shape index (κ3) is 8.08. The van der Waals surface area contributed by atoms with Crippen LogP contribution in [0.5, 0.6) is 17.2 Å². The molecule has 0 fully saturated rings. The Labute approximate surface area is 162 Å². The number of benzene rings is 2. The van der Waals surface area contributed by atoms with Crippen molar-refractivity contribution in [3.8, 4) is 17.2 Å². The van der Waals surface area contributed by atoms with Crippen LogP contribution in [0.1, 0.15) is 5.56 Å². The van der Waals surface area contributed by atoms with Crippen LogP contribution in [0.4, 0.5) is 22.0 Å². The molecule has 0 heterocycles. The molecule has 29 heavy (non-hydrogen) atoms. The summed E-state index contributed by atoms with van der Waals surface area (Å²) in [6, 6.07) is 8.51. The highest BCUT2D eigenvalue weighted by Crippen LogP contribution is 2.28. The molecule has 0 radical (unpaired) electrons. The normalized spacial score (nSPS) is 11.1. The molecule has 0 saturated carbocycles. The molecule has 2 rings (SSSR count). The van der Waals surface area contributed by atoms with E-state index in [1.54, 1.807) is 0 Å². The van der Waals surface area contributed by atoms with Gasteiger partial charge in [-0.3, -0.25) is 4.79 Å². The average molecular weight is 417 g/mol. The van der Waals surface area contributed by atoms with Crippen LogP contribution >= 0.6 is 0 Å². The molecule has 0 unspecified atom stereocenters. The number of halogens is 5. The molecule has 0 spiro atoms. The van der Waals surface area contributed by atoms with E-state index in [9.17, 15) is 26.7 Å². The SMILES string of the molecule is O=C(/C=C/c1ccc(OC(F)F)cc1OC(F)F)NCCOc1ccc(F)cc1. The van der Waals surface area contributed by atoms with Gasteiger partial charge in [-0.25, -0.2) is 4.39 Å². The molecule has 2 aromatic carbocycles. The first kappa shape index (κ1) is 22.0. The van der Waals surface area contributed by atoms with Gasteiger partial charge in [0.05, 0.1) is 6.54 Å². The van der Waals surface area contributed by atoms with Crippen molar-refractivity contribution in [3.05, 3.63) is 59.9 Å². The van der Waals surface area contributed by atoms with Gasteiger partial charge in [-0.2, -0.15) is 17.6 Å². The molecule has 156 valence electrons. The summed E-state index contributed by atoms with van der Waals surface area (Å²) < 4.78 is 76.0. The Morgan fingerprint density at radius 1 is 0.966 bits per heavy atom. The summed E-state index contributed by atoms with van der Waals surface area (Å²) in [5.41, 5.74) is 0.0598. The Morgan fingerprint density at radius 2 is 1.62 bits per heavy atom. The number of carbonyl (C=O) groups excluding carboxylic acids is 1. The summed E-state index contributed by atoms with van der Waals surface area (Å²) in [6.07, 6.45) is 2.24. The molecule has 0 aromatic heterocycles. The maximum atomic E-state index is 12.8. The molecule has 2 aromatic rings. The van der Waals surface area contributed by atoms with Crippen molar-refractivity contribution in [2.24, 2.45) is 0 Å². The standard InChI is InChI=1S/C19H16F5NO4/c20-13-3-6-14(7-4-13)27-10-9-25-17(26)8-2-12-1-5-15(28-18(21)22)11-16(12)29-19(23)24/h1-8,11,18-19H,9-10H2,(H,25,26)/b8-2+. The molecular formula is C19H16F5NO4. The van der Waals surface area contributed by atoms with Crippen molar-refractivity contribution in [2.45, 2.75) is 13.2 Å². The van der Waals surface area contributed by atoms with E-state index in [1.165, 1.54) is 36.4 Å². The Kier molecular flexibility index (Phi) is 8.26. The van der Waals surface area contributed by atoms with Crippen molar-refractivity contribution >= 4 is 12.0 Å². The lowest BCUT2D eigenvalue weighted by molar-refractivity contribution is -0.116. The van der Waals surface area contributed by atoms with Crippen LogP contribution < -0.4 is 19.5 Å². The Morgan fingerprint density at radius 3 is 2.28 bits per heavy atom. The second-order valence-electron chi connectivity index (χ2n) is 5.38. The topological polar surface area (TPSA) is 56.8 Å². The molecule has 0 aliphatic carbocycles. The van der Waals surface area contributed by atoms with Crippen LogP contribution in [0.15, 0.2) is 48.5 Å². The third-order valence-corrected chi connectivity index (χ3v) is 3.32.